The minimum absolute atomic E-state index is 0.105. The summed E-state index contributed by atoms with van der Waals surface area (Å²) in [6.45, 7) is 9.00. The van der Waals surface area contributed by atoms with E-state index < -0.39 is 0 Å². The van der Waals surface area contributed by atoms with Gasteiger partial charge in [0.2, 0.25) is 5.95 Å². The summed E-state index contributed by atoms with van der Waals surface area (Å²) in [5, 5.41) is 3.44. The Balaban J connectivity index is 1.85. The molecule has 0 saturated carbocycles. The predicted molar refractivity (Wildman–Crippen MR) is 85.5 cm³/mol. The van der Waals surface area contributed by atoms with Crippen LogP contribution in [0.2, 0.25) is 0 Å². The Morgan fingerprint density at radius 2 is 2.00 bits per heavy atom. The molecule has 0 bridgehead atoms. The summed E-state index contributed by atoms with van der Waals surface area (Å²) in [4.78, 5) is 11.0. The first-order valence-corrected chi connectivity index (χ1v) is 7.83. The second kappa shape index (κ2) is 7.18. The monoisotopic (exact) mass is 292 g/mol. The highest BCUT2D eigenvalue weighted by Gasteiger charge is 2.17. The quantitative estimate of drug-likeness (QED) is 0.903. The molecule has 1 atom stereocenters. The molecule has 21 heavy (non-hydrogen) atoms. The van der Waals surface area contributed by atoms with Crippen LogP contribution in [0.1, 0.15) is 45.6 Å². The third-order valence-electron chi connectivity index (χ3n) is 3.61. The number of likely N-dealkylation sites (N-methyl/N-ethyl adjacent to an activating group) is 1. The van der Waals surface area contributed by atoms with E-state index in [1.807, 2.05) is 19.4 Å². The zero-order valence-corrected chi connectivity index (χ0v) is 13.7. The van der Waals surface area contributed by atoms with Gasteiger partial charge in [-0.05, 0) is 40.0 Å². The average Bonchev–Trinajstić information content (AvgIpc) is 2.46. The van der Waals surface area contributed by atoms with E-state index in [2.05, 4.69) is 41.0 Å². The molecule has 0 amide bonds. The van der Waals surface area contributed by atoms with Crippen LogP contribution in [0.5, 0.6) is 0 Å². The molecule has 1 fully saturated rings. The van der Waals surface area contributed by atoms with Gasteiger partial charge in [-0.2, -0.15) is 0 Å². The van der Waals surface area contributed by atoms with Crippen molar-refractivity contribution in [3.8, 4) is 0 Å². The lowest BCUT2D eigenvalue weighted by molar-refractivity contribution is 0.0214. The second-order valence-corrected chi connectivity index (χ2v) is 6.86. The van der Waals surface area contributed by atoms with Gasteiger partial charge in [-0.15, -0.1) is 0 Å². The fourth-order valence-electron chi connectivity index (χ4n) is 2.34. The van der Waals surface area contributed by atoms with Crippen LogP contribution in [0.25, 0.3) is 0 Å². The molecule has 118 valence electrons. The van der Waals surface area contributed by atoms with Crippen molar-refractivity contribution < 1.29 is 4.74 Å². The van der Waals surface area contributed by atoms with E-state index in [0.29, 0.717) is 6.10 Å². The van der Waals surface area contributed by atoms with Crippen molar-refractivity contribution in [2.24, 2.45) is 0 Å². The van der Waals surface area contributed by atoms with Crippen LogP contribution in [-0.4, -0.2) is 41.8 Å². The van der Waals surface area contributed by atoms with E-state index in [4.69, 9.17) is 4.74 Å². The Bertz CT molecular complexity index is 421. The van der Waals surface area contributed by atoms with Crippen LogP contribution in [0.3, 0.4) is 0 Å². The van der Waals surface area contributed by atoms with Gasteiger partial charge in [0.05, 0.1) is 6.10 Å². The average molecular weight is 292 g/mol. The second-order valence-electron chi connectivity index (χ2n) is 6.86. The molecule has 1 unspecified atom stereocenters. The van der Waals surface area contributed by atoms with Gasteiger partial charge in [0.1, 0.15) is 0 Å². The van der Waals surface area contributed by atoms with Gasteiger partial charge in [-0.1, -0.05) is 0 Å². The van der Waals surface area contributed by atoms with Gasteiger partial charge in [-0.25, -0.2) is 9.97 Å². The van der Waals surface area contributed by atoms with Crippen LogP contribution >= 0.6 is 0 Å². The molecular weight excluding hydrogens is 264 g/mol. The summed E-state index contributed by atoms with van der Waals surface area (Å²) in [5.41, 5.74) is 1.21. The van der Waals surface area contributed by atoms with Crippen molar-refractivity contribution in [1.82, 2.24) is 15.3 Å². The molecule has 2 rings (SSSR count). The van der Waals surface area contributed by atoms with Crippen molar-refractivity contribution in [3.63, 3.8) is 0 Å². The molecule has 1 aliphatic rings. The third kappa shape index (κ3) is 5.59. The minimum Gasteiger partial charge on any atom is -0.376 e. The van der Waals surface area contributed by atoms with Gasteiger partial charge in [0.15, 0.2) is 0 Å². The summed E-state index contributed by atoms with van der Waals surface area (Å²) >= 11 is 0. The maximum Gasteiger partial charge on any atom is 0.225 e. The van der Waals surface area contributed by atoms with Gasteiger partial charge < -0.3 is 15.0 Å². The number of anilines is 1. The number of nitrogens with zero attached hydrogens (tertiary/aromatic N) is 3. The van der Waals surface area contributed by atoms with Crippen LogP contribution in [0.4, 0.5) is 5.95 Å². The summed E-state index contributed by atoms with van der Waals surface area (Å²) < 4.78 is 5.76. The van der Waals surface area contributed by atoms with Gasteiger partial charge in [0, 0.05) is 50.2 Å². The zero-order valence-electron chi connectivity index (χ0n) is 13.7. The molecule has 0 radical (unpaired) electrons. The largest absolute Gasteiger partial charge is 0.376 e. The summed E-state index contributed by atoms with van der Waals surface area (Å²) in [6, 6.07) is 0. The Morgan fingerprint density at radius 1 is 1.29 bits per heavy atom. The maximum atomic E-state index is 5.76. The molecule has 1 aromatic rings. The highest BCUT2D eigenvalue weighted by molar-refractivity contribution is 5.28. The summed E-state index contributed by atoms with van der Waals surface area (Å²) in [5.74, 6) is 0.767. The van der Waals surface area contributed by atoms with Crippen LogP contribution in [-0.2, 0) is 11.3 Å². The van der Waals surface area contributed by atoms with Gasteiger partial charge >= 0.3 is 0 Å². The summed E-state index contributed by atoms with van der Waals surface area (Å²) in [7, 11) is 2.03. The highest BCUT2D eigenvalue weighted by atomic mass is 16.5. The number of nitrogens with one attached hydrogen (secondary N) is 1. The first-order valence-electron chi connectivity index (χ1n) is 7.83. The van der Waals surface area contributed by atoms with Crippen LogP contribution in [0.15, 0.2) is 12.4 Å². The number of hydrogen-bond acceptors (Lipinski definition) is 5. The van der Waals surface area contributed by atoms with Crippen LogP contribution < -0.4 is 10.2 Å². The lowest BCUT2D eigenvalue weighted by atomic mass is 10.1. The number of rotatable bonds is 5. The summed E-state index contributed by atoms with van der Waals surface area (Å²) in [6.07, 6.45) is 7.70. The Hall–Kier alpha value is -1.20. The predicted octanol–water partition coefficient (Wildman–Crippen LogP) is 2.37. The standard InChI is InChI=1S/C16H28N4O/c1-16(2,3)19-11-13-9-17-15(18-10-13)20(4)12-14-7-5-6-8-21-14/h9-10,14,19H,5-8,11-12H2,1-4H3. The lowest BCUT2D eigenvalue weighted by Gasteiger charge is -2.27. The fourth-order valence-corrected chi connectivity index (χ4v) is 2.34. The van der Waals surface area contributed by atoms with E-state index in [9.17, 15) is 0 Å². The first kappa shape index (κ1) is 16.2. The molecule has 0 aliphatic carbocycles. The molecule has 0 aromatic carbocycles. The van der Waals surface area contributed by atoms with E-state index >= 15 is 0 Å². The van der Waals surface area contributed by atoms with Crippen molar-refractivity contribution >= 4 is 5.95 Å². The highest BCUT2D eigenvalue weighted by Crippen LogP contribution is 2.15. The normalized spacial score (nSPS) is 19.5. The Morgan fingerprint density at radius 3 is 2.57 bits per heavy atom. The SMILES string of the molecule is CN(CC1CCCCO1)c1ncc(CNC(C)(C)C)cn1. The Labute approximate surface area is 128 Å². The van der Waals surface area contributed by atoms with Crippen LogP contribution in [0, 0.1) is 0 Å². The van der Waals surface area contributed by atoms with Gasteiger partial charge in [-0.3, -0.25) is 0 Å². The molecule has 1 aliphatic heterocycles. The molecule has 1 N–H and O–H groups in total. The van der Waals surface area contributed by atoms with Gasteiger partial charge in [0.25, 0.3) is 0 Å². The van der Waals surface area contributed by atoms with E-state index in [-0.39, 0.29) is 5.54 Å². The van der Waals surface area contributed by atoms with Crippen molar-refractivity contribution in [2.45, 2.75) is 58.2 Å². The number of aromatic nitrogens is 2. The molecular formula is C16H28N4O. The van der Waals surface area contributed by atoms with E-state index in [0.717, 1.165) is 37.6 Å². The minimum atomic E-state index is 0.105. The van der Waals surface area contributed by atoms with Crippen molar-refractivity contribution in [3.05, 3.63) is 18.0 Å². The van der Waals surface area contributed by atoms with E-state index in [1.54, 1.807) is 0 Å². The molecule has 0 spiro atoms. The van der Waals surface area contributed by atoms with Crippen molar-refractivity contribution in [2.75, 3.05) is 25.1 Å². The van der Waals surface area contributed by atoms with Crippen molar-refractivity contribution in [1.29, 1.82) is 0 Å². The molecule has 2 heterocycles. The molecule has 5 heteroatoms. The zero-order chi connectivity index (χ0) is 15.3. The third-order valence-corrected chi connectivity index (χ3v) is 3.61. The Kier molecular flexibility index (Phi) is 5.53. The smallest absolute Gasteiger partial charge is 0.225 e. The van der Waals surface area contributed by atoms with E-state index in [1.165, 1.54) is 12.8 Å². The number of hydrogen-bond donors (Lipinski definition) is 1. The maximum absolute atomic E-state index is 5.76. The first-order chi connectivity index (χ1) is 9.94. The molecule has 1 aromatic heterocycles. The molecule has 1 saturated heterocycles. The topological polar surface area (TPSA) is 50.3 Å². The number of ether oxygens (including phenoxy) is 1. The fraction of sp³-hybridized carbons (Fsp3) is 0.750. The molecule has 5 nitrogen and oxygen atoms in total. The lowest BCUT2D eigenvalue weighted by Crippen LogP contribution is -2.35.